The molecule has 3 aromatic carbocycles. The van der Waals surface area contributed by atoms with Gasteiger partial charge in [0.1, 0.15) is 11.4 Å². The van der Waals surface area contributed by atoms with Crippen LogP contribution >= 0.6 is 0 Å². The van der Waals surface area contributed by atoms with Gasteiger partial charge in [-0.25, -0.2) is 0 Å². The van der Waals surface area contributed by atoms with Gasteiger partial charge in [-0.3, -0.25) is 0 Å². The summed E-state index contributed by atoms with van der Waals surface area (Å²) in [6, 6.07) is 21.7. The van der Waals surface area contributed by atoms with Crippen molar-refractivity contribution in [2.45, 2.75) is 18.9 Å². The van der Waals surface area contributed by atoms with Crippen molar-refractivity contribution >= 4 is 5.57 Å². The van der Waals surface area contributed by atoms with Crippen molar-refractivity contribution in [1.29, 1.82) is 0 Å². The highest BCUT2D eigenvalue weighted by Crippen LogP contribution is 2.52. The fourth-order valence-electron chi connectivity index (χ4n) is 4.50. The van der Waals surface area contributed by atoms with E-state index < -0.39 is 5.60 Å². The number of benzene rings is 3. The Morgan fingerprint density at radius 3 is 2.48 bits per heavy atom. The summed E-state index contributed by atoms with van der Waals surface area (Å²) >= 11 is 0. The third-order valence-electron chi connectivity index (χ3n) is 5.85. The molecule has 3 aromatic rings. The lowest BCUT2D eigenvalue weighted by Crippen LogP contribution is -2.27. The summed E-state index contributed by atoms with van der Waals surface area (Å²) in [5, 5.41) is 12.1. The molecule has 0 saturated carbocycles. The molecule has 1 unspecified atom stereocenters. The molecule has 0 aromatic heterocycles. The van der Waals surface area contributed by atoms with Crippen LogP contribution in [0.1, 0.15) is 35.6 Å². The first-order valence-electron chi connectivity index (χ1n) is 9.77. The number of rotatable bonds is 4. The van der Waals surface area contributed by atoms with E-state index in [0.717, 1.165) is 50.6 Å². The largest absolute Gasteiger partial charge is 0.497 e. The second-order valence-corrected chi connectivity index (χ2v) is 7.26. The first-order chi connectivity index (χ1) is 14.2. The molecule has 0 bridgehead atoms. The molecule has 0 fully saturated rings. The van der Waals surface area contributed by atoms with Crippen molar-refractivity contribution in [3.63, 3.8) is 0 Å². The lowest BCUT2D eigenvalue weighted by atomic mass is 9.82. The molecule has 5 rings (SSSR count). The quantitative estimate of drug-likeness (QED) is 0.694. The van der Waals surface area contributed by atoms with Gasteiger partial charge in [0, 0.05) is 5.56 Å². The van der Waals surface area contributed by atoms with Gasteiger partial charge in [-0.2, -0.15) is 0 Å². The summed E-state index contributed by atoms with van der Waals surface area (Å²) in [5.41, 5.74) is 4.63. The Kier molecular flexibility index (Phi) is 4.10. The fourth-order valence-corrected chi connectivity index (χ4v) is 4.50. The Morgan fingerprint density at radius 2 is 1.72 bits per heavy atom. The Balaban J connectivity index is 1.75. The molecule has 1 N–H and O–H groups in total. The second kappa shape index (κ2) is 6.68. The smallest absolute Gasteiger partial charge is 0.231 e. The number of methoxy groups -OCH3 is 1. The Hall–Kier alpha value is -3.24. The standard InChI is InChI=1S/C25H22O4/c1-3-20-24(16-8-13-22-23(14-16)29-15-28-22)19-6-4-5-7-21(19)25(20,26)17-9-11-18(27-2)12-10-17/h4-14,26H,3,15H2,1-2H3. The van der Waals surface area contributed by atoms with Gasteiger partial charge < -0.3 is 19.3 Å². The van der Waals surface area contributed by atoms with Crippen LogP contribution in [0.25, 0.3) is 5.57 Å². The van der Waals surface area contributed by atoms with Crippen molar-refractivity contribution in [1.82, 2.24) is 0 Å². The van der Waals surface area contributed by atoms with Gasteiger partial charge >= 0.3 is 0 Å². The van der Waals surface area contributed by atoms with Crippen LogP contribution in [0.5, 0.6) is 17.2 Å². The van der Waals surface area contributed by atoms with E-state index in [1.807, 2.05) is 60.7 Å². The van der Waals surface area contributed by atoms with Gasteiger partial charge in [-0.15, -0.1) is 0 Å². The topological polar surface area (TPSA) is 47.9 Å². The van der Waals surface area contributed by atoms with E-state index in [0.29, 0.717) is 6.42 Å². The highest BCUT2D eigenvalue weighted by Gasteiger charge is 2.44. The molecule has 1 aliphatic carbocycles. The summed E-state index contributed by atoms with van der Waals surface area (Å²) in [7, 11) is 1.64. The van der Waals surface area contributed by atoms with E-state index in [1.54, 1.807) is 7.11 Å². The minimum absolute atomic E-state index is 0.241. The molecule has 29 heavy (non-hydrogen) atoms. The highest BCUT2D eigenvalue weighted by molar-refractivity contribution is 5.91. The second-order valence-electron chi connectivity index (χ2n) is 7.26. The SMILES string of the molecule is CCC1=C(c2ccc3c(c2)OCO3)c2ccccc2C1(O)c1ccc(OC)cc1. The maximum Gasteiger partial charge on any atom is 0.231 e. The highest BCUT2D eigenvalue weighted by atomic mass is 16.7. The molecule has 0 amide bonds. The van der Waals surface area contributed by atoms with Gasteiger partial charge in [0.15, 0.2) is 11.5 Å². The first-order valence-corrected chi connectivity index (χ1v) is 9.77. The molecule has 0 saturated heterocycles. The number of ether oxygens (including phenoxy) is 3. The summed E-state index contributed by atoms with van der Waals surface area (Å²) in [5.74, 6) is 2.26. The molecule has 0 spiro atoms. The maximum atomic E-state index is 12.1. The Labute approximate surface area is 170 Å². The number of fused-ring (bicyclic) bond motifs is 2. The average Bonchev–Trinajstić information content (AvgIpc) is 3.34. The molecule has 0 radical (unpaired) electrons. The third kappa shape index (κ3) is 2.56. The number of hydrogen-bond donors (Lipinski definition) is 1. The molecule has 146 valence electrons. The molecule has 1 atom stereocenters. The first kappa shape index (κ1) is 17.8. The average molecular weight is 386 g/mol. The van der Waals surface area contributed by atoms with E-state index in [4.69, 9.17) is 14.2 Å². The van der Waals surface area contributed by atoms with Gasteiger partial charge in [0.05, 0.1) is 7.11 Å². The van der Waals surface area contributed by atoms with Crippen molar-refractivity contribution in [3.8, 4) is 17.2 Å². The van der Waals surface area contributed by atoms with E-state index in [1.165, 1.54) is 0 Å². The zero-order valence-corrected chi connectivity index (χ0v) is 16.4. The van der Waals surface area contributed by atoms with Crippen LogP contribution in [0.15, 0.2) is 72.3 Å². The normalized spacial score (nSPS) is 19.4. The van der Waals surface area contributed by atoms with Crippen LogP contribution in [0.2, 0.25) is 0 Å². The number of hydrogen-bond acceptors (Lipinski definition) is 4. The minimum atomic E-state index is -1.19. The van der Waals surface area contributed by atoms with E-state index in [9.17, 15) is 5.11 Å². The van der Waals surface area contributed by atoms with Crippen LogP contribution in [-0.2, 0) is 5.60 Å². The molecule has 2 aliphatic rings. The van der Waals surface area contributed by atoms with Crippen LogP contribution < -0.4 is 14.2 Å². The predicted molar refractivity (Wildman–Crippen MR) is 111 cm³/mol. The van der Waals surface area contributed by atoms with Crippen LogP contribution in [0, 0.1) is 0 Å². The van der Waals surface area contributed by atoms with Gasteiger partial charge in [-0.1, -0.05) is 49.4 Å². The minimum Gasteiger partial charge on any atom is -0.497 e. The summed E-state index contributed by atoms with van der Waals surface area (Å²) in [6.07, 6.45) is 0.709. The van der Waals surface area contributed by atoms with Crippen molar-refractivity contribution < 1.29 is 19.3 Å². The lowest BCUT2D eigenvalue weighted by Gasteiger charge is -2.29. The summed E-state index contributed by atoms with van der Waals surface area (Å²) in [6.45, 7) is 2.33. The summed E-state index contributed by atoms with van der Waals surface area (Å²) in [4.78, 5) is 0. The predicted octanol–water partition coefficient (Wildman–Crippen LogP) is 4.89. The van der Waals surface area contributed by atoms with Crippen LogP contribution in [-0.4, -0.2) is 19.0 Å². The Morgan fingerprint density at radius 1 is 0.966 bits per heavy atom. The maximum absolute atomic E-state index is 12.1. The van der Waals surface area contributed by atoms with Gasteiger partial charge in [0.25, 0.3) is 0 Å². The third-order valence-corrected chi connectivity index (χ3v) is 5.85. The zero-order valence-electron chi connectivity index (χ0n) is 16.4. The van der Waals surface area contributed by atoms with E-state index >= 15 is 0 Å². The summed E-state index contributed by atoms with van der Waals surface area (Å²) < 4.78 is 16.4. The Bertz CT molecular complexity index is 1110. The molecular formula is C25H22O4. The molecular weight excluding hydrogens is 364 g/mol. The lowest BCUT2D eigenvalue weighted by molar-refractivity contribution is 0.122. The van der Waals surface area contributed by atoms with E-state index in [-0.39, 0.29) is 6.79 Å². The molecule has 4 nitrogen and oxygen atoms in total. The van der Waals surface area contributed by atoms with Gasteiger partial charge in [0.2, 0.25) is 6.79 Å². The molecule has 4 heteroatoms. The van der Waals surface area contributed by atoms with Gasteiger partial charge in [-0.05, 0) is 58.5 Å². The van der Waals surface area contributed by atoms with Crippen molar-refractivity contribution in [2.75, 3.05) is 13.9 Å². The van der Waals surface area contributed by atoms with E-state index in [2.05, 4.69) is 13.0 Å². The molecule has 1 aliphatic heterocycles. The zero-order chi connectivity index (χ0) is 20.0. The van der Waals surface area contributed by atoms with Crippen molar-refractivity contribution in [3.05, 3.63) is 94.6 Å². The number of aliphatic hydroxyl groups is 1. The van der Waals surface area contributed by atoms with Crippen LogP contribution in [0.3, 0.4) is 0 Å². The fraction of sp³-hybridized carbons (Fsp3) is 0.200. The van der Waals surface area contributed by atoms with Crippen molar-refractivity contribution in [2.24, 2.45) is 0 Å². The molecule has 1 heterocycles. The van der Waals surface area contributed by atoms with Crippen LogP contribution in [0.4, 0.5) is 0 Å². The monoisotopic (exact) mass is 386 g/mol.